The van der Waals surface area contributed by atoms with Gasteiger partial charge in [0.15, 0.2) is 0 Å². The molecule has 1 N–H and O–H groups in total. The highest BCUT2D eigenvalue weighted by molar-refractivity contribution is 9.10. The van der Waals surface area contributed by atoms with Gasteiger partial charge in [-0.15, -0.1) is 0 Å². The Morgan fingerprint density at radius 3 is 2.42 bits per heavy atom. The van der Waals surface area contributed by atoms with Gasteiger partial charge in [-0.25, -0.2) is 4.39 Å². The molecule has 0 atom stereocenters. The first-order valence-corrected chi connectivity index (χ1v) is 6.27. The number of amides is 1. The van der Waals surface area contributed by atoms with Crippen molar-refractivity contribution in [3.63, 3.8) is 0 Å². The minimum absolute atomic E-state index is 0.0146. The van der Waals surface area contributed by atoms with Gasteiger partial charge < -0.3 is 5.32 Å². The van der Waals surface area contributed by atoms with Gasteiger partial charge in [0.2, 0.25) is 0 Å². The zero-order valence-electron chi connectivity index (χ0n) is 10.2. The van der Waals surface area contributed by atoms with Crippen LogP contribution in [0.15, 0.2) is 16.6 Å². The lowest BCUT2D eigenvalue weighted by molar-refractivity contribution is -0.140. The van der Waals surface area contributed by atoms with Crippen molar-refractivity contribution in [2.75, 3.05) is 6.54 Å². The van der Waals surface area contributed by atoms with E-state index in [0.29, 0.717) is 6.07 Å². The van der Waals surface area contributed by atoms with E-state index in [0.717, 1.165) is 6.07 Å². The molecule has 0 fully saturated rings. The average molecular weight is 342 g/mol. The van der Waals surface area contributed by atoms with E-state index < -0.39 is 29.0 Å². The third-order valence-corrected chi connectivity index (χ3v) is 2.96. The number of nitrogens with one attached hydrogen (secondary N) is 1. The smallest absolute Gasteiger partial charge is 0.352 e. The van der Waals surface area contributed by atoms with Crippen LogP contribution >= 0.6 is 15.9 Å². The van der Waals surface area contributed by atoms with E-state index in [9.17, 15) is 22.4 Å². The Hall–Kier alpha value is -1.11. The summed E-state index contributed by atoms with van der Waals surface area (Å²) in [7, 11) is 0. The maximum atomic E-state index is 13.8. The molecular formula is C12H12BrF4NO. The minimum atomic E-state index is -4.84. The number of carbonyl (C=O) groups is 1. The molecule has 0 spiro atoms. The SMILES string of the molecule is CC(C)CNC(=O)c1c(Br)ccc(C(F)(F)F)c1F. The summed E-state index contributed by atoms with van der Waals surface area (Å²) in [6.07, 6.45) is -4.84. The summed E-state index contributed by atoms with van der Waals surface area (Å²) in [6, 6.07) is 1.61. The second kappa shape index (κ2) is 5.90. The van der Waals surface area contributed by atoms with Crippen molar-refractivity contribution in [3.8, 4) is 0 Å². The van der Waals surface area contributed by atoms with Crippen LogP contribution in [0.1, 0.15) is 29.8 Å². The fourth-order valence-corrected chi connectivity index (χ4v) is 1.85. The van der Waals surface area contributed by atoms with E-state index in [4.69, 9.17) is 0 Å². The molecule has 0 aliphatic carbocycles. The van der Waals surface area contributed by atoms with E-state index >= 15 is 0 Å². The van der Waals surface area contributed by atoms with Crippen molar-refractivity contribution in [1.82, 2.24) is 5.32 Å². The van der Waals surface area contributed by atoms with Gasteiger partial charge >= 0.3 is 6.18 Å². The van der Waals surface area contributed by atoms with Gasteiger partial charge in [-0.2, -0.15) is 13.2 Å². The first-order valence-electron chi connectivity index (χ1n) is 5.48. The lowest BCUT2D eigenvalue weighted by Gasteiger charge is -2.13. The van der Waals surface area contributed by atoms with Crippen LogP contribution in [-0.4, -0.2) is 12.5 Å². The first kappa shape index (κ1) is 15.9. The Morgan fingerprint density at radius 2 is 1.95 bits per heavy atom. The fraction of sp³-hybridized carbons (Fsp3) is 0.417. The van der Waals surface area contributed by atoms with Crippen LogP contribution in [0.4, 0.5) is 17.6 Å². The van der Waals surface area contributed by atoms with Crippen LogP contribution in [0.25, 0.3) is 0 Å². The molecule has 1 amide bonds. The van der Waals surface area contributed by atoms with E-state index in [1.807, 2.05) is 13.8 Å². The van der Waals surface area contributed by atoms with Gasteiger partial charge in [-0.1, -0.05) is 13.8 Å². The van der Waals surface area contributed by atoms with Crippen molar-refractivity contribution in [2.45, 2.75) is 20.0 Å². The highest BCUT2D eigenvalue weighted by atomic mass is 79.9. The number of benzene rings is 1. The molecule has 0 saturated carbocycles. The average Bonchev–Trinajstić information content (AvgIpc) is 2.24. The second-order valence-corrected chi connectivity index (χ2v) is 5.24. The topological polar surface area (TPSA) is 29.1 Å². The Bertz CT molecular complexity index is 485. The largest absolute Gasteiger partial charge is 0.419 e. The van der Waals surface area contributed by atoms with Gasteiger partial charge in [0, 0.05) is 11.0 Å². The molecule has 0 unspecified atom stereocenters. The van der Waals surface area contributed by atoms with Gasteiger partial charge in [-0.3, -0.25) is 4.79 Å². The predicted molar refractivity (Wildman–Crippen MR) is 66.3 cm³/mol. The van der Waals surface area contributed by atoms with E-state index in [2.05, 4.69) is 21.2 Å². The lowest BCUT2D eigenvalue weighted by atomic mass is 10.1. The maximum absolute atomic E-state index is 13.8. The third-order valence-electron chi connectivity index (χ3n) is 2.29. The Kier molecular flexibility index (Phi) is 4.95. The van der Waals surface area contributed by atoms with Crippen LogP contribution in [0.2, 0.25) is 0 Å². The number of alkyl halides is 3. The number of hydrogen-bond donors (Lipinski definition) is 1. The zero-order valence-corrected chi connectivity index (χ0v) is 11.8. The van der Waals surface area contributed by atoms with Crippen LogP contribution in [0.3, 0.4) is 0 Å². The second-order valence-electron chi connectivity index (χ2n) is 4.39. The molecule has 1 rings (SSSR count). The summed E-state index contributed by atoms with van der Waals surface area (Å²) in [5.74, 6) is -2.33. The summed E-state index contributed by atoms with van der Waals surface area (Å²) in [5, 5.41) is 2.38. The molecule has 0 heterocycles. The van der Waals surface area contributed by atoms with Crippen LogP contribution in [0.5, 0.6) is 0 Å². The van der Waals surface area contributed by atoms with E-state index in [1.165, 1.54) is 0 Å². The van der Waals surface area contributed by atoms with Crippen molar-refractivity contribution in [3.05, 3.63) is 33.5 Å². The molecule has 106 valence electrons. The molecule has 0 radical (unpaired) electrons. The molecular weight excluding hydrogens is 330 g/mol. The minimum Gasteiger partial charge on any atom is -0.352 e. The van der Waals surface area contributed by atoms with Crippen molar-refractivity contribution >= 4 is 21.8 Å². The quantitative estimate of drug-likeness (QED) is 0.827. The predicted octanol–water partition coefficient (Wildman–Crippen LogP) is 3.99. The number of hydrogen-bond acceptors (Lipinski definition) is 1. The van der Waals surface area contributed by atoms with Crippen molar-refractivity contribution in [2.24, 2.45) is 5.92 Å². The Labute approximate surface area is 116 Å². The summed E-state index contributed by atoms with van der Waals surface area (Å²) < 4.78 is 51.4. The van der Waals surface area contributed by atoms with E-state index in [-0.39, 0.29) is 16.9 Å². The zero-order chi connectivity index (χ0) is 14.8. The summed E-state index contributed by atoms with van der Waals surface area (Å²) in [5.41, 5.74) is -2.08. The lowest BCUT2D eigenvalue weighted by Crippen LogP contribution is -2.29. The van der Waals surface area contributed by atoms with Gasteiger partial charge in [0.05, 0.1) is 11.1 Å². The summed E-state index contributed by atoms with van der Waals surface area (Å²) in [4.78, 5) is 11.7. The summed E-state index contributed by atoms with van der Waals surface area (Å²) in [6.45, 7) is 3.89. The van der Waals surface area contributed by atoms with Crippen LogP contribution in [0, 0.1) is 11.7 Å². The molecule has 0 aromatic heterocycles. The summed E-state index contributed by atoms with van der Waals surface area (Å²) >= 11 is 2.89. The molecule has 2 nitrogen and oxygen atoms in total. The molecule has 0 saturated heterocycles. The molecule has 0 bridgehead atoms. The standard InChI is InChI=1S/C12H12BrF4NO/c1-6(2)5-18-11(19)9-8(13)4-3-7(10(9)14)12(15,16)17/h3-4,6H,5H2,1-2H3,(H,18,19). The number of rotatable bonds is 3. The molecule has 0 aliphatic heterocycles. The first-order chi connectivity index (χ1) is 8.64. The van der Waals surface area contributed by atoms with Gasteiger partial charge in [-0.05, 0) is 34.0 Å². The Balaban J connectivity index is 3.16. The van der Waals surface area contributed by atoms with Gasteiger partial charge in [0.1, 0.15) is 5.82 Å². The highest BCUT2D eigenvalue weighted by Gasteiger charge is 2.36. The molecule has 1 aromatic carbocycles. The molecule has 0 aliphatic rings. The molecule has 7 heteroatoms. The van der Waals surface area contributed by atoms with E-state index in [1.54, 1.807) is 0 Å². The normalized spacial score (nSPS) is 11.8. The van der Waals surface area contributed by atoms with Crippen molar-refractivity contribution in [1.29, 1.82) is 0 Å². The maximum Gasteiger partial charge on any atom is 0.419 e. The highest BCUT2D eigenvalue weighted by Crippen LogP contribution is 2.34. The number of carbonyl (C=O) groups excluding carboxylic acids is 1. The van der Waals surface area contributed by atoms with Gasteiger partial charge in [0.25, 0.3) is 5.91 Å². The fourth-order valence-electron chi connectivity index (χ4n) is 1.36. The third kappa shape index (κ3) is 3.92. The van der Waals surface area contributed by atoms with Crippen LogP contribution < -0.4 is 5.32 Å². The monoisotopic (exact) mass is 341 g/mol. The van der Waals surface area contributed by atoms with Crippen molar-refractivity contribution < 1.29 is 22.4 Å². The van der Waals surface area contributed by atoms with Crippen LogP contribution in [-0.2, 0) is 6.18 Å². The Morgan fingerprint density at radius 1 is 1.37 bits per heavy atom. The number of halogens is 5. The molecule has 19 heavy (non-hydrogen) atoms. The molecule has 1 aromatic rings.